The first-order chi connectivity index (χ1) is 9.88. The van der Waals surface area contributed by atoms with Crippen molar-refractivity contribution < 1.29 is 14.7 Å². The lowest BCUT2D eigenvalue weighted by atomic mass is 9.87. The Kier molecular flexibility index (Phi) is 7.15. The van der Waals surface area contributed by atoms with Crippen molar-refractivity contribution in [2.45, 2.75) is 58.9 Å². The van der Waals surface area contributed by atoms with Gasteiger partial charge in [0, 0.05) is 13.0 Å². The third kappa shape index (κ3) is 4.99. The van der Waals surface area contributed by atoms with Crippen LogP contribution >= 0.6 is 0 Å². The normalized spacial score (nSPS) is 24.1. The number of likely N-dealkylation sites (tertiary alicyclic amines) is 1. The van der Waals surface area contributed by atoms with Crippen LogP contribution in [0.4, 0.5) is 0 Å². The number of aliphatic carboxylic acids is 1. The van der Waals surface area contributed by atoms with Gasteiger partial charge in [0.05, 0.1) is 0 Å². The predicted octanol–water partition coefficient (Wildman–Crippen LogP) is 2.10. The summed E-state index contributed by atoms with van der Waals surface area (Å²) in [6.45, 7) is 7.42. The lowest BCUT2D eigenvalue weighted by Gasteiger charge is -2.37. The second-order valence-electron chi connectivity index (χ2n) is 6.61. The number of hydrogen-bond donors (Lipinski definition) is 2. The van der Waals surface area contributed by atoms with Crippen LogP contribution in [0.5, 0.6) is 0 Å². The van der Waals surface area contributed by atoms with Crippen LogP contribution in [0.2, 0.25) is 0 Å². The molecule has 0 saturated carbocycles. The molecule has 0 aromatic heterocycles. The van der Waals surface area contributed by atoms with Gasteiger partial charge in [0.15, 0.2) is 0 Å². The summed E-state index contributed by atoms with van der Waals surface area (Å²) in [6.07, 6.45) is 3.92. The van der Waals surface area contributed by atoms with Gasteiger partial charge in [-0.25, -0.2) is 4.79 Å². The lowest BCUT2D eigenvalue weighted by Crippen LogP contribution is -2.52. The van der Waals surface area contributed by atoms with Crippen molar-refractivity contribution in [3.8, 4) is 0 Å². The minimum Gasteiger partial charge on any atom is -0.480 e. The van der Waals surface area contributed by atoms with Crippen molar-refractivity contribution in [2.24, 2.45) is 23.5 Å². The Bertz CT molecular complexity index is 357. The van der Waals surface area contributed by atoms with Gasteiger partial charge in [-0.3, -0.25) is 4.79 Å². The Morgan fingerprint density at radius 3 is 2.52 bits per heavy atom. The van der Waals surface area contributed by atoms with Gasteiger partial charge in [-0.05, 0) is 50.0 Å². The standard InChI is InChI=1S/C16H30N2O3/c1-11(2)13(8-9-17)6-7-14(19)18-10-4-5-12(3)15(18)16(20)21/h11-13,15H,4-10,17H2,1-3H3,(H,20,21). The number of piperidine rings is 1. The first-order valence-corrected chi connectivity index (χ1v) is 8.10. The summed E-state index contributed by atoms with van der Waals surface area (Å²) in [6, 6.07) is -0.654. The number of amides is 1. The van der Waals surface area contributed by atoms with Crippen molar-refractivity contribution in [1.29, 1.82) is 0 Å². The summed E-state index contributed by atoms with van der Waals surface area (Å²) in [5.41, 5.74) is 5.62. The SMILES string of the molecule is CC(C)C(CCN)CCC(=O)N1CCCC(C)C1C(=O)O. The van der Waals surface area contributed by atoms with E-state index >= 15 is 0 Å². The minimum absolute atomic E-state index is 0.0170. The van der Waals surface area contributed by atoms with Gasteiger partial charge in [-0.2, -0.15) is 0 Å². The molecule has 5 nitrogen and oxygen atoms in total. The second kappa shape index (κ2) is 8.37. The fourth-order valence-electron chi connectivity index (χ4n) is 3.32. The van der Waals surface area contributed by atoms with Crippen LogP contribution < -0.4 is 5.73 Å². The molecule has 1 aliphatic heterocycles. The number of carboxylic acid groups (broad SMARTS) is 1. The van der Waals surface area contributed by atoms with Gasteiger partial charge < -0.3 is 15.7 Å². The molecule has 1 heterocycles. The molecule has 1 fully saturated rings. The van der Waals surface area contributed by atoms with E-state index in [0.29, 0.717) is 31.3 Å². The van der Waals surface area contributed by atoms with Gasteiger partial charge in [0.1, 0.15) is 6.04 Å². The van der Waals surface area contributed by atoms with Gasteiger partial charge in [0.25, 0.3) is 0 Å². The average molecular weight is 298 g/mol. The van der Waals surface area contributed by atoms with Gasteiger partial charge in [-0.15, -0.1) is 0 Å². The van der Waals surface area contributed by atoms with E-state index in [2.05, 4.69) is 13.8 Å². The molecule has 3 unspecified atom stereocenters. The molecule has 0 aromatic carbocycles. The molecule has 3 atom stereocenters. The van der Waals surface area contributed by atoms with E-state index in [-0.39, 0.29) is 11.8 Å². The van der Waals surface area contributed by atoms with Gasteiger partial charge >= 0.3 is 5.97 Å². The highest BCUT2D eigenvalue weighted by atomic mass is 16.4. The van der Waals surface area contributed by atoms with Crippen LogP contribution in [0.25, 0.3) is 0 Å². The zero-order valence-corrected chi connectivity index (χ0v) is 13.5. The molecule has 1 saturated heterocycles. The van der Waals surface area contributed by atoms with E-state index < -0.39 is 12.0 Å². The Balaban J connectivity index is 2.62. The van der Waals surface area contributed by atoms with Crippen molar-refractivity contribution in [3.05, 3.63) is 0 Å². The monoisotopic (exact) mass is 298 g/mol. The van der Waals surface area contributed by atoms with Crippen LogP contribution in [0, 0.1) is 17.8 Å². The zero-order valence-electron chi connectivity index (χ0n) is 13.5. The van der Waals surface area contributed by atoms with Crippen molar-refractivity contribution in [3.63, 3.8) is 0 Å². The van der Waals surface area contributed by atoms with E-state index in [9.17, 15) is 14.7 Å². The predicted molar refractivity (Wildman–Crippen MR) is 82.8 cm³/mol. The number of hydrogen-bond acceptors (Lipinski definition) is 3. The number of carbonyl (C=O) groups excluding carboxylic acids is 1. The van der Waals surface area contributed by atoms with Gasteiger partial charge in [0.2, 0.25) is 5.91 Å². The molecular weight excluding hydrogens is 268 g/mol. The summed E-state index contributed by atoms with van der Waals surface area (Å²) in [5.74, 6) is 0.0704. The average Bonchev–Trinajstić information content (AvgIpc) is 2.41. The zero-order chi connectivity index (χ0) is 16.0. The maximum atomic E-state index is 12.4. The number of nitrogens with zero attached hydrogens (tertiary/aromatic N) is 1. The van der Waals surface area contributed by atoms with Crippen LogP contribution in [0.15, 0.2) is 0 Å². The fourth-order valence-corrected chi connectivity index (χ4v) is 3.32. The molecule has 0 aromatic rings. The van der Waals surface area contributed by atoms with E-state index in [4.69, 9.17) is 5.73 Å². The fraction of sp³-hybridized carbons (Fsp3) is 0.875. The van der Waals surface area contributed by atoms with Crippen LogP contribution in [-0.2, 0) is 9.59 Å². The number of carboxylic acids is 1. The summed E-state index contributed by atoms with van der Waals surface area (Å²) < 4.78 is 0. The van der Waals surface area contributed by atoms with E-state index in [1.54, 1.807) is 4.90 Å². The summed E-state index contributed by atoms with van der Waals surface area (Å²) in [4.78, 5) is 25.4. The second-order valence-corrected chi connectivity index (χ2v) is 6.61. The Morgan fingerprint density at radius 2 is 2.00 bits per heavy atom. The number of carbonyl (C=O) groups is 2. The number of rotatable bonds is 7. The third-order valence-electron chi connectivity index (χ3n) is 4.72. The molecule has 5 heteroatoms. The molecule has 3 N–H and O–H groups in total. The quantitative estimate of drug-likeness (QED) is 0.754. The van der Waals surface area contributed by atoms with Crippen molar-refractivity contribution >= 4 is 11.9 Å². The molecule has 1 amide bonds. The number of nitrogens with two attached hydrogens (primary N) is 1. The molecule has 122 valence electrons. The molecule has 1 aliphatic rings. The Hall–Kier alpha value is -1.10. The molecule has 0 aliphatic carbocycles. The first kappa shape index (κ1) is 18.0. The minimum atomic E-state index is -0.877. The van der Waals surface area contributed by atoms with Gasteiger partial charge in [-0.1, -0.05) is 20.8 Å². The topological polar surface area (TPSA) is 83.6 Å². The highest BCUT2D eigenvalue weighted by Gasteiger charge is 2.36. The maximum absolute atomic E-state index is 12.4. The summed E-state index contributed by atoms with van der Waals surface area (Å²) in [5, 5.41) is 9.37. The largest absolute Gasteiger partial charge is 0.480 e. The van der Waals surface area contributed by atoms with Crippen LogP contribution in [0.1, 0.15) is 52.9 Å². The third-order valence-corrected chi connectivity index (χ3v) is 4.72. The Labute approximate surface area is 127 Å². The molecule has 1 rings (SSSR count). The summed E-state index contributed by atoms with van der Waals surface area (Å²) >= 11 is 0. The van der Waals surface area contributed by atoms with E-state index in [1.165, 1.54) is 0 Å². The molecule has 0 bridgehead atoms. The lowest BCUT2D eigenvalue weighted by molar-refractivity contribution is -0.154. The van der Waals surface area contributed by atoms with Crippen LogP contribution in [-0.4, -0.2) is 41.0 Å². The molecule has 21 heavy (non-hydrogen) atoms. The maximum Gasteiger partial charge on any atom is 0.326 e. The van der Waals surface area contributed by atoms with E-state index in [0.717, 1.165) is 25.7 Å². The van der Waals surface area contributed by atoms with Crippen LogP contribution in [0.3, 0.4) is 0 Å². The van der Waals surface area contributed by atoms with E-state index in [1.807, 2.05) is 6.92 Å². The van der Waals surface area contributed by atoms with Crippen molar-refractivity contribution in [1.82, 2.24) is 4.90 Å². The molecule has 0 radical (unpaired) electrons. The Morgan fingerprint density at radius 1 is 1.33 bits per heavy atom. The van der Waals surface area contributed by atoms with Crippen molar-refractivity contribution in [2.75, 3.05) is 13.1 Å². The highest BCUT2D eigenvalue weighted by molar-refractivity contribution is 5.84. The smallest absolute Gasteiger partial charge is 0.326 e. The highest BCUT2D eigenvalue weighted by Crippen LogP contribution is 2.26. The molecule has 0 spiro atoms. The first-order valence-electron chi connectivity index (χ1n) is 8.10. The summed E-state index contributed by atoms with van der Waals surface area (Å²) in [7, 11) is 0. The molecular formula is C16H30N2O3.